The third-order valence-corrected chi connectivity index (χ3v) is 3.71. The minimum absolute atomic E-state index is 0.108. The number of nitrogens with zero attached hydrogens (tertiary/aromatic N) is 2. The molecule has 0 atom stereocenters. The van der Waals surface area contributed by atoms with E-state index < -0.39 is 0 Å². The van der Waals surface area contributed by atoms with E-state index in [1.807, 2.05) is 0 Å². The number of hydrogen-bond donors (Lipinski definition) is 2. The molecule has 0 bridgehead atoms. The quantitative estimate of drug-likeness (QED) is 0.333. The predicted octanol–water partition coefficient (Wildman–Crippen LogP) is 1.88. The van der Waals surface area contributed by atoms with Crippen LogP contribution in [-0.4, -0.2) is 35.6 Å². The molecule has 0 aromatic heterocycles. The van der Waals surface area contributed by atoms with E-state index in [1.165, 1.54) is 13.0 Å². The fourth-order valence-corrected chi connectivity index (χ4v) is 2.09. The van der Waals surface area contributed by atoms with Gasteiger partial charge in [0.25, 0.3) is 0 Å². The zero-order valence-electron chi connectivity index (χ0n) is 10.7. The predicted molar refractivity (Wildman–Crippen MR) is 66.6 cm³/mol. The third kappa shape index (κ3) is 3.37. The Morgan fingerprint density at radius 1 is 1.44 bits per heavy atom. The van der Waals surface area contributed by atoms with E-state index in [0.717, 1.165) is 31.8 Å². The number of nitrogens with two attached hydrogens (primary N) is 1. The molecule has 0 saturated carbocycles. The van der Waals surface area contributed by atoms with E-state index in [1.54, 1.807) is 0 Å². The van der Waals surface area contributed by atoms with E-state index in [4.69, 9.17) is 10.9 Å². The fraction of sp³-hybridized carbons (Fsp3) is 0.917. The first-order valence-electron chi connectivity index (χ1n) is 6.18. The smallest absolute Gasteiger partial charge is 0.145 e. The van der Waals surface area contributed by atoms with Gasteiger partial charge in [0.05, 0.1) is 0 Å². The van der Waals surface area contributed by atoms with Crippen LogP contribution >= 0.6 is 0 Å². The van der Waals surface area contributed by atoms with Crippen molar-refractivity contribution in [3.05, 3.63) is 0 Å². The van der Waals surface area contributed by atoms with Crippen molar-refractivity contribution in [1.29, 1.82) is 0 Å². The first kappa shape index (κ1) is 13.3. The van der Waals surface area contributed by atoms with Crippen LogP contribution in [0, 0.1) is 11.3 Å². The van der Waals surface area contributed by atoms with Gasteiger partial charge in [0.2, 0.25) is 0 Å². The van der Waals surface area contributed by atoms with Crippen molar-refractivity contribution in [2.45, 2.75) is 40.0 Å². The van der Waals surface area contributed by atoms with Crippen LogP contribution in [0.5, 0.6) is 0 Å². The monoisotopic (exact) mass is 227 g/mol. The van der Waals surface area contributed by atoms with E-state index in [-0.39, 0.29) is 5.41 Å². The number of piperidine rings is 1. The maximum absolute atomic E-state index is 8.74. The highest BCUT2D eigenvalue weighted by Gasteiger charge is 2.33. The highest BCUT2D eigenvalue weighted by molar-refractivity contribution is 5.85. The first-order valence-corrected chi connectivity index (χ1v) is 6.18. The Kier molecular flexibility index (Phi) is 4.59. The maximum atomic E-state index is 8.74. The van der Waals surface area contributed by atoms with E-state index in [2.05, 4.69) is 30.8 Å². The Balaban J connectivity index is 2.39. The van der Waals surface area contributed by atoms with Crippen LogP contribution in [0.25, 0.3) is 0 Å². The number of hydrogen-bond acceptors (Lipinski definition) is 3. The Hall–Kier alpha value is -0.770. The molecule has 3 N–H and O–H groups in total. The van der Waals surface area contributed by atoms with Crippen molar-refractivity contribution in [3.8, 4) is 0 Å². The molecule has 0 amide bonds. The highest BCUT2D eigenvalue weighted by atomic mass is 16.4. The molecule has 1 rings (SSSR count). The molecule has 1 saturated heterocycles. The van der Waals surface area contributed by atoms with Gasteiger partial charge in [0.15, 0.2) is 0 Å². The minimum atomic E-state index is -0.108. The lowest BCUT2D eigenvalue weighted by molar-refractivity contribution is 0.153. The molecule has 4 heteroatoms. The fourth-order valence-electron chi connectivity index (χ4n) is 2.09. The number of likely N-dealkylation sites (tertiary alicyclic amines) is 1. The van der Waals surface area contributed by atoms with E-state index in [9.17, 15) is 0 Å². The van der Waals surface area contributed by atoms with Gasteiger partial charge in [-0.15, -0.1) is 0 Å². The molecule has 1 aliphatic heterocycles. The molecule has 1 fully saturated rings. The molecule has 0 aromatic rings. The molecule has 1 heterocycles. The van der Waals surface area contributed by atoms with Crippen LogP contribution in [0.4, 0.5) is 0 Å². The third-order valence-electron chi connectivity index (χ3n) is 3.71. The average Bonchev–Trinajstić information content (AvgIpc) is 2.27. The van der Waals surface area contributed by atoms with Gasteiger partial charge < -0.3 is 15.8 Å². The van der Waals surface area contributed by atoms with Gasteiger partial charge in [0, 0.05) is 5.41 Å². The summed E-state index contributed by atoms with van der Waals surface area (Å²) in [6.07, 6.45) is 3.22. The summed E-state index contributed by atoms with van der Waals surface area (Å²) in [6, 6.07) is 0. The Morgan fingerprint density at radius 3 is 2.44 bits per heavy atom. The molecule has 0 spiro atoms. The van der Waals surface area contributed by atoms with Gasteiger partial charge in [0.1, 0.15) is 5.84 Å². The second-order valence-corrected chi connectivity index (χ2v) is 5.57. The standard InChI is InChI=1S/C12H25N3O/c1-10(2)4-7-15-8-5-12(3,6-9-15)11(13)14-16/h10,16H,4-9H2,1-3H3,(H2,13,14). The van der Waals surface area contributed by atoms with E-state index >= 15 is 0 Å². The molecular weight excluding hydrogens is 202 g/mol. The number of oxime groups is 1. The second kappa shape index (κ2) is 5.53. The minimum Gasteiger partial charge on any atom is -0.409 e. The summed E-state index contributed by atoms with van der Waals surface area (Å²) >= 11 is 0. The van der Waals surface area contributed by atoms with Crippen molar-refractivity contribution in [3.63, 3.8) is 0 Å². The summed E-state index contributed by atoms with van der Waals surface area (Å²) in [5, 5.41) is 11.9. The zero-order chi connectivity index (χ0) is 12.2. The van der Waals surface area contributed by atoms with Gasteiger partial charge in [-0.2, -0.15) is 0 Å². The molecule has 1 aliphatic rings. The number of amidine groups is 1. The highest BCUT2D eigenvalue weighted by Crippen LogP contribution is 2.31. The molecule has 4 nitrogen and oxygen atoms in total. The summed E-state index contributed by atoms with van der Waals surface area (Å²) in [6.45, 7) is 9.87. The van der Waals surface area contributed by atoms with Gasteiger partial charge in [-0.05, 0) is 44.8 Å². The molecule has 0 aromatic carbocycles. The lowest BCUT2D eigenvalue weighted by Gasteiger charge is -2.38. The topological polar surface area (TPSA) is 61.8 Å². The van der Waals surface area contributed by atoms with Crippen LogP contribution in [0.1, 0.15) is 40.0 Å². The second-order valence-electron chi connectivity index (χ2n) is 5.57. The van der Waals surface area contributed by atoms with Crippen molar-refractivity contribution >= 4 is 5.84 Å². The van der Waals surface area contributed by atoms with Crippen molar-refractivity contribution in [1.82, 2.24) is 4.90 Å². The zero-order valence-corrected chi connectivity index (χ0v) is 10.7. The Labute approximate surface area is 98.5 Å². The van der Waals surface area contributed by atoms with Crippen molar-refractivity contribution < 1.29 is 5.21 Å². The summed E-state index contributed by atoms with van der Waals surface area (Å²) in [5.74, 6) is 1.15. The summed E-state index contributed by atoms with van der Waals surface area (Å²) in [5.41, 5.74) is 5.62. The van der Waals surface area contributed by atoms with Gasteiger partial charge in [-0.3, -0.25) is 0 Å². The molecule has 0 unspecified atom stereocenters. The summed E-state index contributed by atoms with van der Waals surface area (Å²) in [7, 11) is 0. The van der Waals surface area contributed by atoms with Crippen molar-refractivity contribution in [2.24, 2.45) is 22.2 Å². The molecule has 94 valence electrons. The van der Waals surface area contributed by atoms with Gasteiger partial charge >= 0.3 is 0 Å². The molecular formula is C12H25N3O. The first-order chi connectivity index (χ1) is 7.48. The maximum Gasteiger partial charge on any atom is 0.145 e. The lowest BCUT2D eigenvalue weighted by Crippen LogP contribution is -2.45. The lowest BCUT2D eigenvalue weighted by atomic mass is 9.79. The van der Waals surface area contributed by atoms with Crippen LogP contribution in [0.3, 0.4) is 0 Å². The SMILES string of the molecule is CC(C)CCN1CCC(C)(C(N)=NO)CC1. The van der Waals surface area contributed by atoms with E-state index in [0.29, 0.717) is 5.84 Å². The molecule has 0 aliphatic carbocycles. The van der Waals surface area contributed by atoms with Gasteiger partial charge in [-0.25, -0.2) is 0 Å². The Bertz CT molecular complexity index is 243. The van der Waals surface area contributed by atoms with Crippen LogP contribution in [0.15, 0.2) is 5.16 Å². The van der Waals surface area contributed by atoms with Crippen molar-refractivity contribution in [2.75, 3.05) is 19.6 Å². The summed E-state index contributed by atoms with van der Waals surface area (Å²) in [4.78, 5) is 2.48. The number of rotatable bonds is 4. The Morgan fingerprint density at radius 2 is 2.00 bits per heavy atom. The average molecular weight is 227 g/mol. The molecule has 16 heavy (non-hydrogen) atoms. The van der Waals surface area contributed by atoms with Crippen LogP contribution < -0.4 is 5.73 Å². The normalized spacial score (nSPS) is 22.6. The largest absolute Gasteiger partial charge is 0.409 e. The molecule has 0 radical (unpaired) electrons. The van der Waals surface area contributed by atoms with Crippen LogP contribution in [-0.2, 0) is 0 Å². The van der Waals surface area contributed by atoms with Crippen LogP contribution in [0.2, 0.25) is 0 Å². The van der Waals surface area contributed by atoms with Gasteiger partial charge in [-0.1, -0.05) is 25.9 Å². The summed E-state index contributed by atoms with van der Waals surface area (Å²) < 4.78 is 0.